The van der Waals surface area contributed by atoms with Crippen LogP contribution in [-0.2, 0) is 0 Å². The van der Waals surface area contributed by atoms with Crippen LogP contribution in [0.1, 0.15) is 9.67 Å². The molecule has 4 heteroatoms. The number of aromatic hydroxyl groups is 1. The molecular formula is C9H6O3S. The Kier molecular flexibility index (Phi) is 1.70. The van der Waals surface area contributed by atoms with Gasteiger partial charge in [0.2, 0.25) is 0 Å². The van der Waals surface area contributed by atoms with E-state index in [-0.39, 0.29) is 10.6 Å². The van der Waals surface area contributed by atoms with Gasteiger partial charge in [-0.25, -0.2) is 4.79 Å². The van der Waals surface area contributed by atoms with Crippen molar-refractivity contribution in [1.29, 1.82) is 0 Å². The quantitative estimate of drug-likeness (QED) is 0.732. The molecule has 1 heterocycles. The smallest absolute Gasteiger partial charge is 0.345 e. The molecule has 0 bridgehead atoms. The van der Waals surface area contributed by atoms with Crippen LogP contribution in [0.4, 0.5) is 0 Å². The number of aromatic carboxylic acids is 1. The topological polar surface area (TPSA) is 57.5 Å². The molecule has 1 aromatic carbocycles. The van der Waals surface area contributed by atoms with Crippen LogP contribution in [0.3, 0.4) is 0 Å². The molecular weight excluding hydrogens is 188 g/mol. The van der Waals surface area contributed by atoms with Crippen molar-refractivity contribution in [2.24, 2.45) is 0 Å². The van der Waals surface area contributed by atoms with Gasteiger partial charge in [-0.1, -0.05) is 12.1 Å². The molecule has 1 aromatic heterocycles. The first-order valence-corrected chi connectivity index (χ1v) is 4.45. The monoisotopic (exact) mass is 194 g/mol. The molecule has 0 saturated carbocycles. The molecule has 13 heavy (non-hydrogen) atoms. The number of carboxylic acids is 1. The third-order valence-corrected chi connectivity index (χ3v) is 2.90. The van der Waals surface area contributed by atoms with Crippen molar-refractivity contribution in [1.82, 2.24) is 0 Å². The fourth-order valence-corrected chi connectivity index (χ4v) is 2.06. The summed E-state index contributed by atoms with van der Waals surface area (Å²) in [6.07, 6.45) is 0. The molecule has 0 aliphatic carbocycles. The number of hydrogen-bond acceptors (Lipinski definition) is 3. The van der Waals surface area contributed by atoms with Gasteiger partial charge in [-0.2, -0.15) is 0 Å². The van der Waals surface area contributed by atoms with Gasteiger partial charge in [0.1, 0.15) is 10.6 Å². The Morgan fingerprint density at radius 3 is 2.77 bits per heavy atom. The maximum atomic E-state index is 10.6. The average molecular weight is 194 g/mol. The van der Waals surface area contributed by atoms with Gasteiger partial charge >= 0.3 is 5.97 Å². The Labute approximate surface area is 77.9 Å². The first-order valence-electron chi connectivity index (χ1n) is 3.63. The van der Waals surface area contributed by atoms with Gasteiger partial charge in [0.05, 0.1) is 4.70 Å². The van der Waals surface area contributed by atoms with E-state index in [9.17, 15) is 9.90 Å². The molecule has 2 N–H and O–H groups in total. The predicted molar refractivity (Wildman–Crippen MR) is 50.4 cm³/mol. The van der Waals surface area contributed by atoms with Crippen LogP contribution in [0.15, 0.2) is 24.3 Å². The van der Waals surface area contributed by atoms with Crippen molar-refractivity contribution in [2.45, 2.75) is 0 Å². The van der Waals surface area contributed by atoms with E-state index in [0.717, 1.165) is 16.7 Å². The Balaban J connectivity index is 2.75. The average Bonchev–Trinajstić information content (AvgIpc) is 2.49. The standard InChI is InChI=1S/C9H6O3S/c10-6-3-1-2-5-4-7(9(11)12)13-8(5)6/h1-4,10H,(H,11,12). The first-order chi connectivity index (χ1) is 6.18. The summed E-state index contributed by atoms with van der Waals surface area (Å²) in [5, 5.41) is 18.9. The zero-order chi connectivity index (χ0) is 9.42. The van der Waals surface area contributed by atoms with Gasteiger partial charge in [-0.15, -0.1) is 11.3 Å². The minimum atomic E-state index is -0.958. The fourth-order valence-electron chi connectivity index (χ4n) is 1.15. The lowest BCUT2D eigenvalue weighted by Crippen LogP contribution is -1.89. The Morgan fingerprint density at radius 1 is 1.38 bits per heavy atom. The molecule has 0 aliphatic heterocycles. The van der Waals surface area contributed by atoms with Crippen LogP contribution >= 0.6 is 11.3 Å². The van der Waals surface area contributed by atoms with Crippen molar-refractivity contribution >= 4 is 27.4 Å². The number of phenols is 1. The molecule has 0 unspecified atom stereocenters. The molecule has 0 aliphatic rings. The maximum Gasteiger partial charge on any atom is 0.345 e. The highest BCUT2D eigenvalue weighted by atomic mass is 32.1. The third kappa shape index (κ3) is 1.25. The van der Waals surface area contributed by atoms with Crippen molar-refractivity contribution in [2.75, 3.05) is 0 Å². The van der Waals surface area contributed by atoms with Gasteiger partial charge in [0.25, 0.3) is 0 Å². The van der Waals surface area contributed by atoms with E-state index < -0.39 is 5.97 Å². The molecule has 0 radical (unpaired) electrons. The summed E-state index contributed by atoms with van der Waals surface area (Å²) in [6, 6.07) is 6.57. The fraction of sp³-hybridized carbons (Fsp3) is 0. The minimum absolute atomic E-state index is 0.134. The normalized spacial score (nSPS) is 10.5. The van der Waals surface area contributed by atoms with Crippen molar-refractivity contribution in [3.8, 4) is 5.75 Å². The minimum Gasteiger partial charge on any atom is -0.506 e. The molecule has 2 rings (SSSR count). The Morgan fingerprint density at radius 2 is 2.15 bits per heavy atom. The number of rotatable bonds is 1. The Hall–Kier alpha value is -1.55. The van der Waals surface area contributed by atoms with Crippen LogP contribution in [0, 0.1) is 0 Å². The highest BCUT2D eigenvalue weighted by Crippen LogP contribution is 2.32. The van der Waals surface area contributed by atoms with Gasteiger partial charge in [-0.3, -0.25) is 0 Å². The van der Waals surface area contributed by atoms with Gasteiger partial charge < -0.3 is 10.2 Å². The number of fused-ring (bicyclic) bond motifs is 1. The van der Waals surface area contributed by atoms with E-state index in [1.165, 1.54) is 0 Å². The summed E-state index contributed by atoms with van der Waals surface area (Å²) >= 11 is 1.08. The zero-order valence-corrected chi connectivity index (χ0v) is 7.34. The number of carboxylic acid groups (broad SMARTS) is 1. The molecule has 3 nitrogen and oxygen atoms in total. The lowest BCUT2D eigenvalue weighted by molar-refractivity contribution is 0.0702. The predicted octanol–water partition coefficient (Wildman–Crippen LogP) is 2.31. The lowest BCUT2D eigenvalue weighted by Gasteiger charge is -1.90. The molecule has 0 spiro atoms. The van der Waals surface area contributed by atoms with Gasteiger partial charge in [0, 0.05) is 0 Å². The molecule has 0 amide bonds. The number of benzene rings is 1. The van der Waals surface area contributed by atoms with E-state index in [1.807, 2.05) is 0 Å². The summed E-state index contributed by atoms with van der Waals surface area (Å²) in [5.74, 6) is -0.824. The summed E-state index contributed by atoms with van der Waals surface area (Å²) < 4.78 is 0.625. The highest BCUT2D eigenvalue weighted by Gasteiger charge is 2.09. The third-order valence-electron chi connectivity index (χ3n) is 1.73. The first kappa shape index (κ1) is 8.07. The SMILES string of the molecule is O=C(O)c1cc2cccc(O)c2s1. The summed E-state index contributed by atoms with van der Waals surface area (Å²) in [7, 11) is 0. The second-order valence-corrected chi connectivity index (χ2v) is 3.66. The van der Waals surface area contributed by atoms with Gasteiger partial charge in [0.15, 0.2) is 0 Å². The molecule has 66 valence electrons. The lowest BCUT2D eigenvalue weighted by atomic mass is 10.2. The van der Waals surface area contributed by atoms with E-state index in [4.69, 9.17) is 5.11 Å². The van der Waals surface area contributed by atoms with Crippen LogP contribution in [-0.4, -0.2) is 16.2 Å². The zero-order valence-electron chi connectivity index (χ0n) is 6.52. The van der Waals surface area contributed by atoms with Crippen molar-refractivity contribution < 1.29 is 15.0 Å². The van der Waals surface area contributed by atoms with Crippen LogP contribution in [0.5, 0.6) is 5.75 Å². The number of thiophene rings is 1. The largest absolute Gasteiger partial charge is 0.506 e. The summed E-state index contributed by atoms with van der Waals surface area (Å²) in [5.41, 5.74) is 0. The van der Waals surface area contributed by atoms with E-state index in [1.54, 1.807) is 24.3 Å². The van der Waals surface area contributed by atoms with Crippen LogP contribution < -0.4 is 0 Å². The van der Waals surface area contributed by atoms with Crippen LogP contribution in [0.2, 0.25) is 0 Å². The second-order valence-electron chi connectivity index (χ2n) is 2.61. The molecule has 0 saturated heterocycles. The molecule has 2 aromatic rings. The van der Waals surface area contributed by atoms with E-state index in [2.05, 4.69) is 0 Å². The highest BCUT2D eigenvalue weighted by molar-refractivity contribution is 7.21. The molecule has 0 fully saturated rings. The number of phenolic OH excluding ortho intramolecular Hbond substituents is 1. The van der Waals surface area contributed by atoms with Crippen molar-refractivity contribution in [3.05, 3.63) is 29.1 Å². The van der Waals surface area contributed by atoms with Crippen molar-refractivity contribution in [3.63, 3.8) is 0 Å². The number of hydrogen-bond donors (Lipinski definition) is 2. The second kappa shape index (κ2) is 2.74. The van der Waals surface area contributed by atoms with Gasteiger partial charge in [-0.05, 0) is 17.5 Å². The Bertz CT molecular complexity index is 473. The van der Waals surface area contributed by atoms with Crippen LogP contribution in [0.25, 0.3) is 10.1 Å². The van der Waals surface area contributed by atoms with E-state index >= 15 is 0 Å². The number of carbonyl (C=O) groups is 1. The summed E-state index contributed by atoms with van der Waals surface area (Å²) in [4.78, 5) is 10.9. The van der Waals surface area contributed by atoms with E-state index in [0.29, 0.717) is 4.70 Å². The summed E-state index contributed by atoms with van der Waals surface area (Å²) in [6.45, 7) is 0. The maximum absolute atomic E-state index is 10.6. The molecule has 0 atom stereocenters.